The molecule has 0 amide bonds. The van der Waals surface area contributed by atoms with Crippen LogP contribution in [0.4, 0.5) is 5.69 Å². The lowest BCUT2D eigenvalue weighted by Crippen LogP contribution is -2.48. The first-order valence-corrected chi connectivity index (χ1v) is 11.1. The molecule has 166 valence electrons. The molecule has 0 bridgehead atoms. The predicted octanol–water partition coefficient (Wildman–Crippen LogP) is 4.78. The fourth-order valence-electron chi connectivity index (χ4n) is 3.80. The number of hydrogen-bond donors (Lipinski definition) is 0. The SMILES string of the molecule is COc1ccc(N2CCN(C(=S)c3ccc(OCc4ccccc4)c(OC)c3)CC2)cc1. The number of piperazine rings is 1. The lowest BCUT2D eigenvalue weighted by molar-refractivity contribution is 0.284. The minimum Gasteiger partial charge on any atom is -0.497 e. The summed E-state index contributed by atoms with van der Waals surface area (Å²) in [5.41, 5.74) is 3.30. The third kappa shape index (κ3) is 5.14. The number of ether oxygens (including phenoxy) is 3. The van der Waals surface area contributed by atoms with Gasteiger partial charge in [0, 0.05) is 37.4 Å². The van der Waals surface area contributed by atoms with Crippen LogP contribution < -0.4 is 19.1 Å². The summed E-state index contributed by atoms with van der Waals surface area (Å²) in [5, 5.41) is 0. The third-order valence-corrected chi connectivity index (χ3v) is 6.15. The molecule has 0 radical (unpaired) electrons. The van der Waals surface area contributed by atoms with Crippen molar-refractivity contribution in [1.29, 1.82) is 0 Å². The summed E-state index contributed by atoms with van der Waals surface area (Å²) >= 11 is 5.82. The van der Waals surface area contributed by atoms with Crippen LogP contribution in [0.25, 0.3) is 0 Å². The fourth-order valence-corrected chi connectivity index (χ4v) is 4.11. The van der Waals surface area contributed by atoms with Crippen LogP contribution in [0.3, 0.4) is 0 Å². The number of benzene rings is 3. The molecular formula is C26H28N2O3S. The molecule has 0 aromatic heterocycles. The summed E-state index contributed by atoms with van der Waals surface area (Å²) in [7, 11) is 3.34. The maximum absolute atomic E-state index is 5.98. The number of thiocarbonyl (C=S) groups is 1. The Kier molecular flexibility index (Phi) is 7.12. The Bertz CT molecular complexity index is 1030. The molecule has 1 aliphatic heterocycles. The monoisotopic (exact) mass is 448 g/mol. The molecule has 1 fully saturated rings. The van der Waals surface area contributed by atoms with E-state index in [-0.39, 0.29) is 0 Å². The van der Waals surface area contributed by atoms with Crippen molar-refractivity contribution in [2.24, 2.45) is 0 Å². The average Bonchev–Trinajstić information content (AvgIpc) is 2.87. The molecule has 0 N–H and O–H groups in total. The van der Waals surface area contributed by atoms with Gasteiger partial charge in [-0.15, -0.1) is 0 Å². The lowest BCUT2D eigenvalue weighted by atomic mass is 10.1. The van der Waals surface area contributed by atoms with E-state index in [1.807, 2.05) is 60.7 Å². The van der Waals surface area contributed by atoms with Gasteiger partial charge in [0.15, 0.2) is 11.5 Å². The van der Waals surface area contributed by atoms with Crippen molar-refractivity contribution in [3.63, 3.8) is 0 Å². The van der Waals surface area contributed by atoms with Crippen LogP contribution in [-0.2, 0) is 6.61 Å². The van der Waals surface area contributed by atoms with Crippen LogP contribution in [0.5, 0.6) is 17.2 Å². The van der Waals surface area contributed by atoms with E-state index in [4.69, 9.17) is 26.4 Å². The minimum absolute atomic E-state index is 0.494. The molecular weight excluding hydrogens is 420 g/mol. The van der Waals surface area contributed by atoms with Crippen molar-refractivity contribution < 1.29 is 14.2 Å². The Morgan fingerprint density at radius 2 is 1.53 bits per heavy atom. The van der Waals surface area contributed by atoms with E-state index >= 15 is 0 Å². The zero-order valence-corrected chi connectivity index (χ0v) is 19.3. The second-order valence-corrected chi connectivity index (χ2v) is 8.00. The van der Waals surface area contributed by atoms with E-state index in [1.165, 1.54) is 5.69 Å². The molecule has 3 aromatic carbocycles. The Hall–Kier alpha value is -3.25. The largest absolute Gasteiger partial charge is 0.497 e. The van der Waals surface area contributed by atoms with Gasteiger partial charge >= 0.3 is 0 Å². The van der Waals surface area contributed by atoms with Gasteiger partial charge in [0.1, 0.15) is 17.3 Å². The van der Waals surface area contributed by atoms with Crippen LogP contribution in [0.2, 0.25) is 0 Å². The summed E-state index contributed by atoms with van der Waals surface area (Å²) in [4.78, 5) is 5.47. The molecule has 1 saturated heterocycles. The van der Waals surface area contributed by atoms with E-state index in [1.54, 1.807) is 14.2 Å². The van der Waals surface area contributed by atoms with Crippen LogP contribution >= 0.6 is 12.2 Å². The summed E-state index contributed by atoms with van der Waals surface area (Å²) in [6, 6.07) is 24.2. The minimum atomic E-state index is 0.494. The van der Waals surface area contributed by atoms with Gasteiger partial charge in [0.05, 0.1) is 14.2 Å². The van der Waals surface area contributed by atoms with Crippen molar-refractivity contribution in [1.82, 2.24) is 4.90 Å². The molecule has 3 aromatic rings. The highest BCUT2D eigenvalue weighted by Gasteiger charge is 2.21. The second-order valence-electron chi connectivity index (χ2n) is 7.62. The first-order chi connectivity index (χ1) is 15.7. The first-order valence-electron chi connectivity index (χ1n) is 10.7. The molecule has 1 aliphatic rings. The van der Waals surface area contributed by atoms with Crippen molar-refractivity contribution in [3.05, 3.63) is 83.9 Å². The number of hydrogen-bond acceptors (Lipinski definition) is 5. The van der Waals surface area contributed by atoms with Gasteiger partial charge in [0.25, 0.3) is 0 Å². The maximum atomic E-state index is 5.98. The predicted molar refractivity (Wildman–Crippen MR) is 132 cm³/mol. The van der Waals surface area contributed by atoms with Crippen LogP contribution in [-0.4, -0.2) is 50.3 Å². The molecule has 32 heavy (non-hydrogen) atoms. The van der Waals surface area contributed by atoms with Crippen LogP contribution in [0.15, 0.2) is 72.8 Å². The van der Waals surface area contributed by atoms with Gasteiger partial charge in [-0.3, -0.25) is 0 Å². The van der Waals surface area contributed by atoms with Gasteiger partial charge in [-0.2, -0.15) is 0 Å². The molecule has 0 atom stereocenters. The summed E-state index contributed by atoms with van der Waals surface area (Å²) in [6.45, 7) is 4.08. The van der Waals surface area contributed by atoms with Gasteiger partial charge in [-0.1, -0.05) is 42.5 Å². The lowest BCUT2D eigenvalue weighted by Gasteiger charge is -2.37. The molecule has 0 spiro atoms. The normalized spacial score (nSPS) is 13.6. The summed E-state index contributed by atoms with van der Waals surface area (Å²) in [5.74, 6) is 2.28. The van der Waals surface area contributed by atoms with Crippen LogP contribution in [0, 0.1) is 0 Å². The summed E-state index contributed by atoms with van der Waals surface area (Å²) in [6.07, 6.45) is 0. The Labute approximate surface area is 195 Å². The summed E-state index contributed by atoms with van der Waals surface area (Å²) < 4.78 is 16.8. The highest BCUT2D eigenvalue weighted by atomic mass is 32.1. The van der Waals surface area contributed by atoms with Crippen molar-refractivity contribution in [3.8, 4) is 17.2 Å². The quantitative estimate of drug-likeness (QED) is 0.484. The van der Waals surface area contributed by atoms with E-state index < -0.39 is 0 Å². The Morgan fingerprint density at radius 3 is 2.19 bits per heavy atom. The molecule has 0 unspecified atom stereocenters. The third-order valence-electron chi connectivity index (χ3n) is 5.65. The maximum Gasteiger partial charge on any atom is 0.161 e. The number of rotatable bonds is 7. The van der Waals surface area contributed by atoms with Gasteiger partial charge < -0.3 is 24.0 Å². The Morgan fingerprint density at radius 1 is 0.812 bits per heavy atom. The highest BCUT2D eigenvalue weighted by molar-refractivity contribution is 7.80. The topological polar surface area (TPSA) is 34.2 Å². The molecule has 1 heterocycles. The Balaban J connectivity index is 1.37. The second kappa shape index (κ2) is 10.4. The molecule has 5 nitrogen and oxygen atoms in total. The molecule has 4 rings (SSSR count). The zero-order chi connectivity index (χ0) is 22.3. The first kappa shape index (κ1) is 22.0. The van der Waals surface area contributed by atoms with E-state index in [9.17, 15) is 0 Å². The standard InChI is InChI=1S/C26H28N2O3S/c1-29-23-11-9-22(10-12-23)27-14-16-28(17-15-27)26(32)21-8-13-24(25(18-21)30-2)31-19-20-6-4-3-5-7-20/h3-13,18H,14-17,19H2,1-2H3. The van der Waals surface area contributed by atoms with Crippen molar-refractivity contribution >= 4 is 22.9 Å². The number of anilines is 1. The van der Waals surface area contributed by atoms with E-state index in [0.717, 1.165) is 48.0 Å². The van der Waals surface area contributed by atoms with Gasteiger partial charge in [0.2, 0.25) is 0 Å². The van der Waals surface area contributed by atoms with Gasteiger partial charge in [-0.05, 0) is 48.0 Å². The van der Waals surface area contributed by atoms with Gasteiger partial charge in [-0.25, -0.2) is 0 Å². The average molecular weight is 449 g/mol. The molecule has 0 aliphatic carbocycles. The van der Waals surface area contributed by atoms with E-state index in [2.05, 4.69) is 21.9 Å². The fraction of sp³-hybridized carbons (Fsp3) is 0.269. The highest BCUT2D eigenvalue weighted by Crippen LogP contribution is 2.30. The van der Waals surface area contributed by atoms with E-state index in [0.29, 0.717) is 18.1 Å². The number of methoxy groups -OCH3 is 2. The molecule has 0 saturated carbocycles. The van der Waals surface area contributed by atoms with Crippen molar-refractivity contribution in [2.45, 2.75) is 6.61 Å². The molecule has 6 heteroatoms. The zero-order valence-electron chi connectivity index (χ0n) is 18.5. The number of nitrogens with zero attached hydrogens (tertiary/aromatic N) is 2. The van der Waals surface area contributed by atoms with Crippen LogP contribution in [0.1, 0.15) is 11.1 Å². The van der Waals surface area contributed by atoms with Crippen molar-refractivity contribution in [2.75, 3.05) is 45.3 Å². The smallest absolute Gasteiger partial charge is 0.161 e.